The van der Waals surface area contributed by atoms with Crippen LogP contribution in [-0.4, -0.2) is 48.1 Å². The van der Waals surface area contributed by atoms with Crippen molar-refractivity contribution in [1.82, 2.24) is 20.7 Å². The van der Waals surface area contributed by atoms with Crippen LogP contribution in [0, 0.1) is 11.8 Å². The highest BCUT2D eigenvalue weighted by Gasteiger charge is 2.42. The van der Waals surface area contributed by atoms with Crippen molar-refractivity contribution in [1.29, 1.82) is 0 Å². The lowest BCUT2D eigenvalue weighted by molar-refractivity contribution is 0.152. The summed E-state index contributed by atoms with van der Waals surface area (Å²) in [5.41, 5.74) is 18.3. The standard InChI is InChI=1S/C19H30N8/c20-18-23-19(21,25-24-18)15-4-5-17(22-12-15)27-7-1-6-26(8-9-27)16-11-13-2-3-14(16)10-13/h4-5,12-14,16,25H,1-3,6-11,21H2,(H3,20,23,24). The lowest BCUT2D eigenvalue weighted by Crippen LogP contribution is -2.50. The molecular weight excluding hydrogens is 340 g/mol. The Morgan fingerprint density at radius 1 is 1.11 bits per heavy atom. The van der Waals surface area contributed by atoms with Gasteiger partial charge in [0.15, 0.2) is 0 Å². The summed E-state index contributed by atoms with van der Waals surface area (Å²) >= 11 is 0. The van der Waals surface area contributed by atoms with Crippen molar-refractivity contribution in [2.24, 2.45) is 28.3 Å². The van der Waals surface area contributed by atoms with Gasteiger partial charge in [0, 0.05) is 44.0 Å². The molecule has 3 fully saturated rings. The van der Waals surface area contributed by atoms with Crippen LogP contribution in [-0.2, 0) is 5.79 Å². The molecule has 27 heavy (non-hydrogen) atoms. The highest BCUT2D eigenvalue weighted by atomic mass is 15.6. The first-order valence-electron chi connectivity index (χ1n) is 10.2. The summed E-state index contributed by atoms with van der Waals surface area (Å²) in [6, 6.07) is 4.86. The average Bonchev–Trinajstić information content (AvgIpc) is 3.34. The molecule has 2 aliphatic heterocycles. The zero-order valence-electron chi connectivity index (χ0n) is 15.8. The van der Waals surface area contributed by atoms with E-state index in [0.29, 0.717) is 0 Å². The van der Waals surface area contributed by atoms with Gasteiger partial charge in [0.05, 0.1) is 0 Å². The van der Waals surface area contributed by atoms with Gasteiger partial charge in [-0.3, -0.25) is 16.1 Å². The molecule has 0 amide bonds. The van der Waals surface area contributed by atoms with Gasteiger partial charge in [0.1, 0.15) is 5.82 Å². The lowest BCUT2D eigenvalue weighted by Gasteiger charge is -2.33. The van der Waals surface area contributed by atoms with Gasteiger partial charge in [-0.05, 0) is 49.7 Å². The van der Waals surface area contributed by atoms with E-state index in [1.165, 1.54) is 38.6 Å². The number of aliphatic imine (C=N–C) groups is 1. The third-order valence-corrected chi connectivity index (χ3v) is 6.89. The van der Waals surface area contributed by atoms with Crippen LogP contribution < -0.4 is 27.2 Å². The summed E-state index contributed by atoms with van der Waals surface area (Å²) in [7, 11) is 0. The first kappa shape index (κ1) is 17.2. The van der Waals surface area contributed by atoms with Crippen LogP contribution in [0.3, 0.4) is 0 Å². The first-order valence-corrected chi connectivity index (χ1v) is 10.2. The molecule has 3 heterocycles. The molecular formula is C19H30N8. The van der Waals surface area contributed by atoms with Crippen LogP contribution in [0.1, 0.15) is 37.7 Å². The number of nitrogens with zero attached hydrogens (tertiary/aromatic N) is 4. The Morgan fingerprint density at radius 2 is 2.04 bits per heavy atom. The van der Waals surface area contributed by atoms with Crippen LogP contribution in [0.5, 0.6) is 0 Å². The molecule has 8 nitrogen and oxygen atoms in total. The first-order chi connectivity index (χ1) is 13.1. The number of guanidine groups is 1. The third kappa shape index (κ3) is 3.15. The summed E-state index contributed by atoms with van der Waals surface area (Å²) in [6.45, 7) is 4.46. The molecule has 2 saturated carbocycles. The Balaban J connectivity index is 1.24. The van der Waals surface area contributed by atoms with Crippen LogP contribution in [0.25, 0.3) is 0 Å². The molecule has 6 N–H and O–H groups in total. The molecule has 2 bridgehead atoms. The average molecular weight is 371 g/mol. The molecule has 2 aliphatic carbocycles. The Morgan fingerprint density at radius 3 is 2.70 bits per heavy atom. The molecule has 4 unspecified atom stereocenters. The summed E-state index contributed by atoms with van der Waals surface area (Å²) < 4.78 is 0. The minimum absolute atomic E-state index is 0.287. The monoisotopic (exact) mass is 370 g/mol. The van der Waals surface area contributed by atoms with Crippen LogP contribution in [0.2, 0.25) is 0 Å². The van der Waals surface area contributed by atoms with Crippen LogP contribution in [0.4, 0.5) is 5.82 Å². The fraction of sp³-hybridized carbons (Fsp3) is 0.684. The SMILES string of the molecule is NC1=NC(N)(c2ccc(N3CCCN(C4CC5CCC4C5)CC3)nc2)NN1. The second-order valence-electron chi connectivity index (χ2n) is 8.54. The van der Waals surface area contributed by atoms with E-state index in [-0.39, 0.29) is 5.96 Å². The van der Waals surface area contributed by atoms with Crippen LogP contribution >= 0.6 is 0 Å². The van der Waals surface area contributed by atoms with Gasteiger partial charge >= 0.3 is 0 Å². The van der Waals surface area contributed by atoms with Crippen molar-refractivity contribution in [3.8, 4) is 0 Å². The van der Waals surface area contributed by atoms with E-state index in [1.807, 2.05) is 12.1 Å². The highest BCUT2D eigenvalue weighted by Crippen LogP contribution is 2.46. The minimum atomic E-state index is -1.05. The molecule has 1 saturated heterocycles. The normalized spacial score (nSPS) is 36.6. The molecule has 1 aromatic rings. The predicted octanol–water partition coefficient (Wildman–Crippen LogP) is 0.274. The Bertz CT molecular complexity index is 719. The van der Waals surface area contributed by atoms with Crippen molar-refractivity contribution < 1.29 is 0 Å². The quantitative estimate of drug-likeness (QED) is 0.605. The van der Waals surface area contributed by atoms with E-state index in [0.717, 1.165) is 48.9 Å². The fourth-order valence-corrected chi connectivity index (χ4v) is 5.50. The number of rotatable bonds is 3. The number of nitrogens with one attached hydrogen (secondary N) is 2. The van der Waals surface area contributed by atoms with E-state index >= 15 is 0 Å². The number of nitrogens with two attached hydrogens (primary N) is 2. The summed E-state index contributed by atoms with van der Waals surface area (Å²) in [5.74, 6) is 2.22. The number of pyridine rings is 1. The summed E-state index contributed by atoms with van der Waals surface area (Å²) in [6.07, 6.45) is 8.83. The van der Waals surface area contributed by atoms with Gasteiger partial charge in [-0.15, -0.1) is 0 Å². The maximum absolute atomic E-state index is 6.24. The van der Waals surface area contributed by atoms with E-state index in [2.05, 4.69) is 30.6 Å². The van der Waals surface area contributed by atoms with Gasteiger partial charge in [-0.1, -0.05) is 6.42 Å². The summed E-state index contributed by atoms with van der Waals surface area (Å²) in [5, 5.41) is 0. The van der Waals surface area contributed by atoms with Gasteiger partial charge in [-0.2, -0.15) is 5.43 Å². The number of hydrogen-bond acceptors (Lipinski definition) is 8. The lowest BCUT2D eigenvalue weighted by atomic mass is 9.94. The zero-order chi connectivity index (χ0) is 18.4. The topological polar surface area (TPSA) is 108 Å². The van der Waals surface area contributed by atoms with Crippen molar-refractivity contribution >= 4 is 11.8 Å². The van der Waals surface area contributed by atoms with E-state index in [4.69, 9.17) is 11.5 Å². The van der Waals surface area contributed by atoms with Gasteiger partial charge < -0.3 is 10.6 Å². The molecule has 1 aromatic heterocycles. The van der Waals surface area contributed by atoms with Crippen molar-refractivity contribution in [3.05, 3.63) is 23.9 Å². The molecule has 8 heteroatoms. The molecule has 5 rings (SSSR count). The van der Waals surface area contributed by atoms with E-state index in [9.17, 15) is 0 Å². The largest absolute Gasteiger partial charge is 0.369 e. The van der Waals surface area contributed by atoms with Crippen molar-refractivity contribution in [2.45, 2.75) is 43.9 Å². The van der Waals surface area contributed by atoms with Crippen LogP contribution in [0.15, 0.2) is 23.3 Å². The zero-order valence-corrected chi connectivity index (χ0v) is 15.8. The minimum Gasteiger partial charge on any atom is -0.369 e. The van der Waals surface area contributed by atoms with Crippen molar-refractivity contribution in [2.75, 3.05) is 31.1 Å². The smallest absolute Gasteiger partial charge is 0.210 e. The third-order valence-electron chi connectivity index (χ3n) is 6.89. The summed E-state index contributed by atoms with van der Waals surface area (Å²) in [4.78, 5) is 14.0. The number of anilines is 1. The van der Waals surface area contributed by atoms with Gasteiger partial charge in [-0.25, -0.2) is 9.98 Å². The second kappa shape index (κ2) is 6.61. The fourth-order valence-electron chi connectivity index (χ4n) is 5.50. The number of aromatic nitrogens is 1. The number of fused-ring (bicyclic) bond motifs is 2. The van der Waals surface area contributed by atoms with E-state index in [1.54, 1.807) is 6.20 Å². The predicted molar refractivity (Wildman–Crippen MR) is 106 cm³/mol. The molecule has 4 atom stereocenters. The van der Waals surface area contributed by atoms with Crippen molar-refractivity contribution in [3.63, 3.8) is 0 Å². The highest BCUT2D eigenvalue weighted by molar-refractivity contribution is 5.79. The van der Waals surface area contributed by atoms with E-state index < -0.39 is 5.79 Å². The Kier molecular flexibility index (Phi) is 4.22. The Hall–Kier alpha value is -1.90. The number of hydrazine groups is 1. The van der Waals surface area contributed by atoms with Gasteiger partial charge in [0.25, 0.3) is 0 Å². The Labute approximate surface area is 160 Å². The molecule has 146 valence electrons. The molecule has 0 spiro atoms. The maximum Gasteiger partial charge on any atom is 0.210 e. The second-order valence-corrected chi connectivity index (χ2v) is 8.54. The molecule has 0 radical (unpaired) electrons. The molecule has 0 aromatic carbocycles. The van der Waals surface area contributed by atoms with Gasteiger partial charge in [0.2, 0.25) is 11.7 Å². The molecule has 4 aliphatic rings. The number of hydrogen-bond donors (Lipinski definition) is 4. The maximum atomic E-state index is 6.24.